The first-order chi connectivity index (χ1) is 25.1. The summed E-state index contributed by atoms with van der Waals surface area (Å²) in [5.41, 5.74) is 22.2. The largest absolute Gasteiger partial charge is 0.310 e. The molecule has 0 fully saturated rings. The van der Waals surface area contributed by atoms with Gasteiger partial charge in [-0.2, -0.15) is 0 Å². The molecule has 252 valence electrons. The van der Waals surface area contributed by atoms with E-state index in [9.17, 15) is 0 Å². The molecule has 0 heterocycles. The molecule has 0 aliphatic heterocycles. The minimum Gasteiger partial charge on any atom is -0.310 e. The molecule has 0 atom stereocenters. The normalized spacial score (nSPS) is 16.0. The van der Waals surface area contributed by atoms with Crippen molar-refractivity contribution in [3.05, 3.63) is 185 Å². The van der Waals surface area contributed by atoms with Crippen molar-refractivity contribution in [1.82, 2.24) is 0 Å². The third kappa shape index (κ3) is 4.11. The fraction of sp³-hybridized carbons (Fsp3) is 0.176. The molecule has 0 saturated heterocycles. The third-order valence-corrected chi connectivity index (χ3v) is 12.6. The molecular weight excluding hydrogens is 627 g/mol. The summed E-state index contributed by atoms with van der Waals surface area (Å²) in [5.74, 6) is 0. The number of fused-ring (bicyclic) bond motifs is 9. The van der Waals surface area contributed by atoms with Crippen LogP contribution < -0.4 is 4.90 Å². The lowest BCUT2D eigenvalue weighted by Gasteiger charge is -2.33. The van der Waals surface area contributed by atoms with Gasteiger partial charge in [-0.15, -0.1) is 0 Å². The number of rotatable bonds is 4. The molecule has 0 spiro atoms. The van der Waals surface area contributed by atoms with Crippen molar-refractivity contribution < 1.29 is 0 Å². The predicted molar refractivity (Wildman–Crippen MR) is 219 cm³/mol. The highest BCUT2D eigenvalue weighted by atomic mass is 15.1. The van der Waals surface area contributed by atoms with Crippen LogP contribution in [0, 0.1) is 0 Å². The van der Waals surface area contributed by atoms with Crippen LogP contribution in [0.25, 0.3) is 44.5 Å². The molecule has 10 rings (SSSR count). The van der Waals surface area contributed by atoms with Gasteiger partial charge in [-0.05, 0) is 108 Å². The molecule has 0 saturated carbocycles. The van der Waals surface area contributed by atoms with Crippen molar-refractivity contribution in [2.75, 3.05) is 4.90 Å². The van der Waals surface area contributed by atoms with E-state index in [1.165, 1.54) is 89.3 Å². The van der Waals surface area contributed by atoms with Crippen molar-refractivity contribution in [1.29, 1.82) is 0 Å². The molecule has 7 aromatic carbocycles. The molecule has 0 N–H and O–H groups in total. The summed E-state index contributed by atoms with van der Waals surface area (Å²) in [4.78, 5) is 2.54. The predicted octanol–water partition coefficient (Wildman–Crippen LogP) is 13.7. The Morgan fingerprint density at radius 1 is 0.327 bits per heavy atom. The Balaban J connectivity index is 1.20. The van der Waals surface area contributed by atoms with Crippen molar-refractivity contribution in [2.24, 2.45) is 0 Å². The van der Waals surface area contributed by atoms with Gasteiger partial charge in [0.05, 0.1) is 5.69 Å². The quantitative estimate of drug-likeness (QED) is 0.180. The van der Waals surface area contributed by atoms with Gasteiger partial charge < -0.3 is 4.90 Å². The second-order valence-electron chi connectivity index (χ2n) is 16.6. The van der Waals surface area contributed by atoms with Crippen LogP contribution in [0.3, 0.4) is 0 Å². The Morgan fingerprint density at radius 3 is 1.46 bits per heavy atom. The molecule has 1 nitrogen and oxygen atoms in total. The summed E-state index contributed by atoms with van der Waals surface area (Å²) in [5, 5.41) is 0. The lowest BCUT2D eigenvalue weighted by atomic mass is 9.79. The van der Waals surface area contributed by atoms with E-state index in [4.69, 9.17) is 0 Å². The van der Waals surface area contributed by atoms with E-state index >= 15 is 0 Å². The molecular formula is C51H43N. The first kappa shape index (κ1) is 31.1. The van der Waals surface area contributed by atoms with Gasteiger partial charge in [-0.1, -0.05) is 163 Å². The Labute approximate surface area is 308 Å². The van der Waals surface area contributed by atoms with Gasteiger partial charge in [0.15, 0.2) is 0 Å². The zero-order chi connectivity index (χ0) is 35.6. The third-order valence-electron chi connectivity index (χ3n) is 12.6. The van der Waals surface area contributed by atoms with Crippen molar-refractivity contribution in [3.8, 4) is 44.5 Å². The SMILES string of the molecule is CC1(C)c2ccccc2-c2ccc(N(c3cccc(-c4cccc5c4C(C)(C)c4ccccc4-5)c3)c3cccc4c3C(C)(C)c3ccccc3-4)cc21. The first-order valence-electron chi connectivity index (χ1n) is 18.7. The molecule has 3 aliphatic carbocycles. The van der Waals surface area contributed by atoms with Gasteiger partial charge in [-0.25, -0.2) is 0 Å². The maximum Gasteiger partial charge on any atom is 0.0508 e. The Morgan fingerprint density at radius 2 is 0.788 bits per heavy atom. The molecule has 52 heavy (non-hydrogen) atoms. The number of hydrogen-bond acceptors (Lipinski definition) is 1. The number of hydrogen-bond donors (Lipinski definition) is 0. The maximum atomic E-state index is 2.54. The van der Waals surface area contributed by atoms with E-state index in [-0.39, 0.29) is 16.2 Å². The Bertz CT molecular complexity index is 2610. The van der Waals surface area contributed by atoms with Crippen LogP contribution >= 0.6 is 0 Å². The lowest BCUT2D eigenvalue weighted by Crippen LogP contribution is -2.21. The summed E-state index contributed by atoms with van der Waals surface area (Å²) >= 11 is 0. The van der Waals surface area contributed by atoms with Crippen molar-refractivity contribution >= 4 is 17.1 Å². The van der Waals surface area contributed by atoms with Crippen LogP contribution in [0.1, 0.15) is 74.9 Å². The smallest absolute Gasteiger partial charge is 0.0508 e. The molecule has 0 amide bonds. The first-order valence-corrected chi connectivity index (χ1v) is 18.7. The number of benzene rings is 7. The number of anilines is 3. The minimum atomic E-state index is -0.166. The second-order valence-corrected chi connectivity index (χ2v) is 16.6. The fourth-order valence-electron chi connectivity index (χ4n) is 10.2. The van der Waals surface area contributed by atoms with Gasteiger partial charge in [0.25, 0.3) is 0 Å². The van der Waals surface area contributed by atoms with Crippen LogP contribution in [0.15, 0.2) is 152 Å². The highest BCUT2D eigenvalue weighted by Gasteiger charge is 2.41. The highest BCUT2D eigenvalue weighted by molar-refractivity contribution is 5.94. The zero-order valence-corrected chi connectivity index (χ0v) is 30.9. The molecule has 3 aliphatic rings. The molecule has 7 aromatic rings. The lowest BCUT2D eigenvalue weighted by molar-refractivity contribution is 0.658. The Hall–Kier alpha value is -5.66. The van der Waals surface area contributed by atoms with E-state index in [0.29, 0.717) is 0 Å². The standard InChI is InChI=1S/C51H43N/c1-49(2)42-24-10-7-18-36(42)39-29-28-34(31-45(39)49)52(46-27-15-23-41-38-20-9-12-26-44(38)51(5,6)48(41)46)33-17-13-16-32(30-33)35-21-14-22-40-37-19-8-11-25-43(37)50(3,4)47(35)40/h7-31H,1-6H3. The number of nitrogens with zero attached hydrogens (tertiary/aromatic N) is 1. The van der Waals surface area contributed by atoms with Crippen molar-refractivity contribution in [3.63, 3.8) is 0 Å². The van der Waals surface area contributed by atoms with E-state index in [0.717, 1.165) is 5.69 Å². The van der Waals surface area contributed by atoms with Crippen LogP contribution in [-0.2, 0) is 16.2 Å². The summed E-state index contributed by atoms with van der Waals surface area (Å²) in [6, 6.07) is 57.1. The highest BCUT2D eigenvalue weighted by Crippen LogP contribution is 2.57. The second kappa shape index (κ2) is 10.7. The van der Waals surface area contributed by atoms with E-state index < -0.39 is 0 Å². The van der Waals surface area contributed by atoms with Gasteiger partial charge in [0, 0.05) is 27.6 Å². The maximum absolute atomic E-state index is 2.54. The van der Waals surface area contributed by atoms with Crippen LogP contribution in [0.5, 0.6) is 0 Å². The molecule has 1 heteroatoms. The topological polar surface area (TPSA) is 3.24 Å². The van der Waals surface area contributed by atoms with Crippen LogP contribution in [-0.4, -0.2) is 0 Å². The average Bonchev–Trinajstić information content (AvgIpc) is 3.65. The average molecular weight is 670 g/mol. The Kier molecular flexibility index (Phi) is 6.39. The van der Waals surface area contributed by atoms with Gasteiger partial charge in [0.1, 0.15) is 0 Å². The summed E-state index contributed by atoms with van der Waals surface area (Å²) in [7, 11) is 0. The van der Waals surface area contributed by atoms with Gasteiger partial charge >= 0.3 is 0 Å². The minimum absolute atomic E-state index is 0.102. The van der Waals surface area contributed by atoms with Crippen molar-refractivity contribution in [2.45, 2.75) is 57.8 Å². The molecule has 0 radical (unpaired) electrons. The fourth-order valence-corrected chi connectivity index (χ4v) is 10.2. The molecule has 0 unspecified atom stereocenters. The van der Waals surface area contributed by atoms with E-state index in [2.05, 4.69) is 198 Å². The monoisotopic (exact) mass is 669 g/mol. The van der Waals surface area contributed by atoms with Crippen LogP contribution in [0.2, 0.25) is 0 Å². The summed E-state index contributed by atoms with van der Waals surface area (Å²) in [6.07, 6.45) is 0. The van der Waals surface area contributed by atoms with Gasteiger partial charge in [-0.3, -0.25) is 0 Å². The van der Waals surface area contributed by atoms with Gasteiger partial charge in [0.2, 0.25) is 0 Å². The van der Waals surface area contributed by atoms with E-state index in [1.54, 1.807) is 0 Å². The molecule has 0 bridgehead atoms. The van der Waals surface area contributed by atoms with Crippen LogP contribution in [0.4, 0.5) is 17.1 Å². The zero-order valence-electron chi connectivity index (χ0n) is 30.9. The summed E-state index contributed by atoms with van der Waals surface area (Å²) < 4.78 is 0. The molecule has 0 aromatic heterocycles. The van der Waals surface area contributed by atoms with E-state index in [1.807, 2.05) is 0 Å². The summed E-state index contributed by atoms with van der Waals surface area (Å²) in [6.45, 7) is 14.3.